The second-order valence-electron chi connectivity index (χ2n) is 3.06. The molecule has 80 valence electrons. The highest BCUT2D eigenvalue weighted by Gasteiger charge is 2.14. The third kappa shape index (κ3) is 3.01. The molecule has 1 heterocycles. The summed E-state index contributed by atoms with van der Waals surface area (Å²) in [5, 5.41) is 4.69. The van der Waals surface area contributed by atoms with Crippen molar-refractivity contribution in [3.05, 3.63) is 21.9 Å². The molecule has 0 radical (unpaired) electrons. The van der Waals surface area contributed by atoms with Crippen LogP contribution in [-0.4, -0.2) is 19.5 Å². The van der Waals surface area contributed by atoms with Crippen molar-refractivity contribution < 1.29 is 8.78 Å². The first-order valence-corrected chi connectivity index (χ1v) is 5.28. The first-order chi connectivity index (χ1) is 6.65. The van der Waals surface area contributed by atoms with Crippen LogP contribution in [-0.2, 0) is 0 Å². The van der Waals surface area contributed by atoms with Gasteiger partial charge in [0.2, 0.25) is 0 Å². The average Bonchev–Trinajstić information content (AvgIpc) is 2.53. The summed E-state index contributed by atoms with van der Waals surface area (Å²) in [6.45, 7) is 1.99. The Kier molecular flexibility index (Phi) is 4.44. The minimum absolute atomic E-state index is 0.149. The highest BCUT2D eigenvalue weighted by molar-refractivity contribution is 7.10. The number of nitrogens with one attached hydrogen (secondary N) is 1. The largest absolute Gasteiger partial charge is 0.329 e. The molecular weight excluding hydrogens is 206 g/mol. The maximum absolute atomic E-state index is 12.0. The number of thiophene rings is 1. The second-order valence-corrected chi connectivity index (χ2v) is 4.00. The lowest BCUT2D eigenvalue weighted by Gasteiger charge is -2.16. The minimum atomic E-state index is -2.33. The van der Waals surface area contributed by atoms with Gasteiger partial charge in [-0.05, 0) is 23.9 Å². The lowest BCUT2D eigenvalue weighted by molar-refractivity contribution is 0.142. The van der Waals surface area contributed by atoms with Crippen LogP contribution < -0.4 is 11.1 Å². The molecule has 0 spiro atoms. The van der Waals surface area contributed by atoms with Gasteiger partial charge in [0, 0.05) is 11.4 Å². The van der Waals surface area contributed by atoms with Crippen LogP contribution in [0.1, 0.15) is 16.5 Å². The van der Waals surface area contributed by atoms with Gasteiger partial charge in [0.15, 0.2) is 0 Å². The average molecular weight is 220 g/mol. The molecule has 1 aromatic heterocycles. The van der Waals surface area contributed by atoms with Crippen LogP contribution >= 0.6 is 11.3 Å². The standard InChI is InChI=1S/C9H14F2N2S/c1-6-2-3-14-9(6)7(4-12)13-5-8(10)11/h2-3,7-8,13H,4-5,12H2,1H3. The molecule has 3 N–H and O–H groups in total. The van der Waals surface area contributed by atoms with E-state index in [2.05, 4.69) is 5.32 Å². The normalized spacial score (nSPS) is 13.5. The maximum Gasteiger partial charge on any atom is 0.250 e. The highest BCUT2D eigenvalue weighted by Crippen LogP contribution is 2.23. The summed E-state index contributed by atoms with van der Waals surface area (Å²) in [5.74, 6) is 0. The summed E-state index contributed by atoms with van der Waals surface area (Å²) in [4.78, 5) is 1.05. The quantitative estimate of drug-likeness (QED) is 0.795. The van der Waals surface area contributed by atoms with Gasteiger partial charge in [-0.1, -0.05) is 0 Å². The SMILES string of the molecule is Cc1ccsc1C(CN)NCC(F)F. The first-order valence-electron chi connectivity index (χ1n) is 4.40. The van der Waals surface area contributed by atoms with E-state index >= 15 is 0 Å². The first kappa shape index (κ1) is 11.6. The van der Waals surface area contributed by atoms with Gasteiger partial charge in [-0.25, -0.2) is 8.78 Å². The van der Waals surface area contributed by atoms with Gasteiger partial charge in [0.25, 0.3) is 6.43 Å². The van der Waals surface area contributed by atoms with Crippen molar-refractivity contribution in [2.75, 3.05) is 13.1 Å². The lowest BCUT2D eigenvalue weighted by Crippen LogP contribution is -2.31. The second kappa shape index (κ2) is 5.38. The van der Waals surface area contributed by atoms with E-state index in [1.165, 1.54) is 0 Å². The monoisotopic (exact) mass is 220 g/mol. The number of hydrogen-bond acceptors (Lipinski definition) is 3. The van der Waals surface area contributed by atoms with E-state index in [0.29, 0.717) is 6.54 Å². The molecule has 14 heavy (non-hydrogen) atoms. The van der Waals surface area contributed by atoms with Crippen molar-refractivity contribution in [2.45, 2.75) is 19.4 Å². The molecule has 1 atom stereocenters. The van der Waals surface area contributed by atoms with Gasteiger partial charge in [-0.15, -0.1) is 11.3 Å². The van der Waals surface area contributed by atoms with Crippen molar-refractivity contribution in [2.24, 2.45) is 5.73 Å². The summed E-state index contributed by atoms with van der Waals surface area (Å²) in [6, 6.07) is 1.82. The molecule has 0 aliphatic carbocycles. The van der Waals surface area contributed by atoms with Crippen LogP contribution in [0.2, 0.25) is 0 Å². The highest BCUT2D eigenvalue weighted by atomic mass is 32.1. The van der Waals surface area contributed by atoms with Crippen LogP contribution in [0.25, 0.3) is 0 Å². The molecule has 1 aromatic rings. The van der Waals surface area contributed by atoms with Crippen LogP contribution in [0, 0.1) is 6.92 Å². The molecule has 5 heteroatoms. The Hall–Kier alpha value is -0.520. The van der Waals surface area contributed by atoms with E-state index in [9.17, 15) is 8.78 Å². The van der Waals surface area contributed by atoms with E-state index in [0.717, 1.165) is 10.4 Å². The fourth-order valence-corrected chi connectivity index (χ4v) is 2.27. The molecule has 0 aromatic carbocycles. The van der Waals surface area contributed by atoms with Gasteiger partial charge < -0.3 is 11.1 Å². The van der Waals surface area contributed by atoms with E-state index in [1.54, 1.807) is 11.3 Å². The molecule has 0 amide bonds. The topological polar surface area (TPSA) is 38.0 Å². The van der Waals surface area contributed by atoms with Crippen LogP contribution in [0.4, 0.5) is 8.78 Å². The number of aryl methyl sites for hydroxylation is 1. The summed E-state index contributed by atoms with van der Waals surface area (Å²) in [6.07, 6.45) is -2.33. The molecule has 0 aliphatic heterocycles. The van der Waals surface area contributed by atoms with Crippen molar-refractivity contribution in [3.63, 3.8) is 0 Å². The molecule has 0 saturated carbocycles. The van der Waals surface area contributed by atoms with Crippen LogP contribution in [0.5, 0.6) is 0 Å². The van der Waals surface area contributed by atoms with Crippen molar-refractivity contribution in [1.82, 2.24) is 5.32 Å². The molecule has 2 nitrogen and oxygen atoms in total. The number of alkyl halides is 2. The number of rotatable bonds is 5. The smallest absolute Gasteiger partial charge is 0.250 e. The Labute approximate surface area is 86.1 Å². The van der Waals surface area contributed by atoms with Gasteiger partial charge in [0.05, 0.1) is 12.6 Å². The molecule has 0 fully saturated rings. The lowest BCUT2D eigenvalue weighted by atomic mass is 10.1. The predicted molar refractivity (Wildman–Crippen MR) is 54.9 cm³/mol. The number of halogens is 2. The molecule has 1 unspecified atom stereocenters. The third-order valence-electron chi connectivity index (χ3n) is 1.97. The van der Waals surface area contributed by atoms with Gasteiger partial charge in [-0.3, -0.25) is 0 Å². The molecule has 1 rings (SSSR count). The zero-order valence-electron chi connectivity index (χ0n) is 7.97. The molecular formula is C9H14F2N2S. The molecule has 0 bridgehead atoms. The fourth-order valence-electron chi connectivity index (χ4n) is 1.26. The van der Waals surface area contributed by atoms with Crippen molar-refractivity contribution in [3.8, 4) is 0 Å². The Morgan fingerprint density at radius 1 is 1.57 bits per heavy atom. The summed E-state index contributed by atoms with van der Waals surface area (Å²) in [5.41, 5.74) is 6.62. The van der Waals surface area contributed by atoms with E-state index in [4.69, 9.17) is 5.73 Å². The third-order valence-corrected chi connectivity index (χ3v) is 3.11. The van der Waals surface area contributed by atoms with Crippen molar-refractivity contribution in [1.29, 1.82) is 0 Å². The van der Waals surface area contributed by atoms with E-state index in [-0.39, 0.29) is 12.6 Å². The Balaban J connectivity index is 2.58. The Morgan fingerprint density at radius 2 is 2.29 bits per heavy atom. The Morgan fingerprint density at radius 3 is 2.71 bits per heavy atom. The van der Waals surface area contributed by atoms with E-state index in [1.807, 2.05) is 18.4 Å². The zero-order chi connectivity index (χ0) is 10.6. The summed E-state index contributed by atoms with van der Waals surface area (Å²) in [7, 11) is 0. The Bertz CT molecular complexity index is 276. The van der Waals surface area contributed by atoms with Crippen LogP contribution in [0.15, 0.2) is 11.4 Å². The summed E-state index contributed by atoms with van der Waals surface area (Å²) >= 11 is 1.55. The zero-order valence-corrected chi connectivity index (χ0v) is 8.78. The molecule has 0 saturated heterocycles. The maximum atomic E-state index is 12.0. The van der Waals surface area contributed by atoms with Crippen LogP contribution in [0.3, 0.4) is 0 Å². The number of hydrogen-bond donors (Lipinski definition) is 2. The van der Waals surface area contributed by atoms with Gasteiger partial charge >= 0.3 is 0 Å². The van der Waals surface area contributed by atoms with Gasteiger partial charge in [0.1, 0.15) is 0 Å². The summed E-state index contributed by atoms with van der Waals surface area (Å²) < 4.78 is 23.9. The molecule has 0 aliphatic rings. The van der Waals surface area contributed by atoms with Gasteiger partial charge in [-0.2, -0.15) is 0 Å². The van der Waals surface area contributed by atoms with Crippen molar-refractivity contribution >= 4 is 11.3 Å². The van der Waals surface area contributed by atoms with E-state index < -0.39 is 6.43 Å². The fraction of sp³-hybridized carbons (Fsp3) is 0.556. The number of nitrogens with two attached hydrogens (primary N) is 1. The minimum Gasteiger partial charge on any atom is -0.329 e. The predicted octanol–water partition coefficient (Wildman–Crippen LogP) is 1.91.